The molecule has 3 aromatic rings. The van der Waals surface area contributed by atoms with Crippen LogP contribution >= 0.6 is 0 Å². The van der Waals surface area contributed by atoms with Crippen molar-refractivity contribution >= 4 is 5.97 Å². The van der Waals surface area contributed by atoms with Crippen molar-refractivity contribution in [3.05, 3.63) is 70.5 Å². The molecule has 0 saturated heterocycles. The number of aromatic amines is 1. The molecule has 34 heavy (non-hydrogen) atoms. The van der Waals surface area contributed by atoms with Crippen LogP contribution in [0, 0.1) is 11.8 Å². The fourth-order valence-corrected chi connectivity index (χ4v) is 4.78. The number of nitrogens with one attached hydrogen (secondary N) is 1. The Labute approximate surface area is 198 Å². The molecule has 1 aromatic heterocycles. The Morgan fingerprint density at radius 1 is 1.03 bits per heavy atom. The maximum absolute atomic E-state index is 13.1. The van der Waals surface area contributed by atoms with Crippen LogP contribution in [0.3, 0.4) is 0 Å². The van der Waals surface area contributed by atoms with Gasteiger partial charge in [0.15, 0.2) is 0 Å². The Morgan fingerprint density at radius 3 is 2.44 bits per heavy atom. The van der Waals surface area contributed by atoms with Crippen molar-refractivity contribution < 1.29 is 19.4 Å². The van der Waals surface area contributed by atoms with Crippen LogP contribution in [0.1, 0.15) is 31.2 Å². The zero-order valence-electron chi connectivity index (χ0n) is 19.3. The van der Waals surface area contributed by atoms with Gasteiger partial charge in [-0.2, -0.15) is 5.10 Å². The molecule has 0 bridgehead atoms. The topological polar surface area (TPSA) is 102 Å². The molecular formula is C27H30N2O5. The number of rotatable bonds is 9. The van der Waals surface area contributed by atoms with E-state index in [1.54, 1.807) is 7.11 Å². The summed E-state index contributed by atoms with van der Waals surface area (Å²) in [4.78, 5) is 23.7. The van der Waals surface area contributed by atoms with Crippen LogP contribution in [0.15, 0.2) is 59.4 Å². The normalized spacial score (nSPS) is 17.9. The fraction of sp³-hybridized carbons (Fsp3) is 0.370. The number of hydrogen-bond acceptors (Lipinski definition) is 5. The number of carbonyl (C=O) groups is 1. The average Bonchev–Trinajstić information content (AvgIpc) is 2.86. The van der Waals surface area contributed by atoms with Gasteiger partial charge in [-0.15, -0.1) is 0 Å². The van der Waals surface area contributed by atoms with Gasteiger partial charge in [-0.3, -0.25) is 4.79 Å². The van der Waals surface area contributed by atoms with E-state index in [2.05, 4.69) is 10.2 Å². The molecular weight excluding hydrogens is 432 g/mol. The van der Waals surface area contributed by atoms with Gasteiger partial charge in [0.05, 0.1) is 19.4 Å². The smallest absolute Gasteiger partial charge is 0.329 e. The predicted molar refractivity (Wildman–Crippen MR) is 130 cm³/mol. The number of carboxylic acid groups (broad SMARTS) is 1. The quantitative estimate of drug-likeness (QED) is 0.483. The number of carboxylic acids is 1. The summed E-state index contributed by atoms with van der Waals surface area (Å²) in [5.41, 5.74) is 4.02. The Kier molecular flexibility index (Phi) is 7.75. The Morgan fingerprint density at radius 2 is 1.74 bits per heavy atom. The van der Waals surface area contributed by atoms with E-state index in [-0.39, 0.29) is 12.2 Å². The lowest BCUT2D eigenvalue weighted by molar-refractivity contribution is -0.142. The van der Waals surface area contributed by atoms with Crippen LogP contribution in [0.25, 0.3) is 22.4 Å². The minimum atomic E-state index is -0.940. The van der Waals surface area contributed by atoms with Crippen LogP contribution in [0.4, 0.5) is 0 Å². The average molecular weight is 463 g/mol. The Hall–Kier alpha value is -3.45. The first-order valence-electron chi connectivity index (χ1n) is 11.7. The third-order valence-corrected chi connectivity index (χ3v) is 6.53. The van der Waals surface area contributed by atoms with Gasteiger partial charge in [0.2, 0.25) is 0 Å². The van der Waals surface area contributed by atoms with Gasteiger partial charge in [-0.25, -0.2) is 9.89 Å². The van der Waals surface area contributed by atoms with E-state index >= 15 is 0 Å². The number of benzene rings is 2. The lowest BCUT2D eigenvalue weighted by Crippen LogP contribution is -2.25. The highest BCUT2D eigenvalue weighted by Crippen LogP contribution is 2.37. The first-order chi connectivity index (χ1) is 16.5. The zero-order valence-corrected chi connectivity index (χ0v) is 19.3. The molecule has 178 valence electrons. The molecule has 7 heteroatoms. The van der Waals surface area contributed by atoms with Gasteiger partial charge in [0.25, 0.3) is 5.56 Å². The van der Waals surface area contributed by atoms with Gasteiger partial charge in [-0.05, 0) is 61.6 Å². The number of methoxy groups -OCH3 is 1. The molecule has 4 rings (SSSR count). The highest BCUT2D eigenvalue weighted by Gasteiger charge is 2.25. The second kappa shape index (κ2) is 11.1. The Bertz CT molecular complexity index is 1170. The van der Waals surface area contributed by atoms with Crippen molar-refractivity contribution in [3.8, 4) is 28.1 Å². The second-order valence-electron chi connectivity index (χ2n) is 8.85. The summed E-state index contributed by atoms with van der Waals surface area (Å²) in [6.45, 7) is 0.223. The third-order valence-electron chi connectivity index (χ3n) is 6.53. The highest BCUT2D eigenvalue weighted by molar-refractivity contribution is 5.83. The maximum Gasteiger partial charge on any atom is 0.329 e. The van der Waals surface area contributed by atoms with Gasteiger partial charge >= 0.3 is 5.97 Å². The molecule has 0 atom stereocenters. The van der Waals surface area contributed by atoms with E-state index < -0.39 is 5.97 Å². The summed E-state index contributed by atoms with van der Waals surface area (Å²) in [6.07, 6.45) is 4.54. The molecule has 1 fully saturated rings. The van der Waals surface area contributed by atoms with E-state index in [9.17, 15) is 9.59 Å². The SMILES string of the molecule is COc1cccc(-c2c(-c3ccccc3)n[nH]c(=O)c2CC2CCC(COCC(=O)O)CC2)c1. The van der Waals surface area contributed by atoms with Crippen LogP contribution in [-0.2, 0) is 16.0 Å². The number of aromatic nitrogens is 2. The molecule has 0 spiro atoms. The van der Waals surface area contributed by atoms with E-state index in [0.717, 1.165) is 59.4 Å². The number of ether oxygens (including phenoxy) is 2. The highest BCUT2D eigenvalue weighted by atomic mass is 16.5. The molecule has 1 aliphatic rings. The van der Waals surface area contributed by atoms with Gasteiger partial charge in [0, 0.05) is 16.7 Å². The minimum absolute atomic E-state index is 0.163. The van der Waals surface area contributed by atoms with Gasteiger partial charge in [-0.1, -0.05) is 42.5 Å². The predicted octanol–water partition coefficient (Wildman–Crippen LogP) is 4.56. The molecule has 0 unspecified atom stereocenters. The summed E-state index contributed by atoms with van der Waals surface area (Å²) in [7, 11) is 1.63. The van der Waals surface area contributed by atoms with Crippen LogP contribution < -0.4 is 10.3 Å². The third kappa shape index (κ3) is 5.72. The standard InChI is InChI=1S/C27H30N2O5/c1-33-22-9-5-8-21(15-22)25-23(27(32)29-28-26(25)20-6-3-2-4-7-20)14-18-10-12-19(13-11-18)16-34-17-24(30)31/h2-9,15,18-19H,10-14,16-17H2,1H3,(H,29,32)(H,30,31). The monoisotopic (exact) mass is 462 g/mol. The van der Waals surface area contributed by atoms with Crippen molar-refractivity contribution in [3.63, 3.8) is 0 Å². The molecule has 2 N–H and O–H groups in total. The number of aliphatic carboxylic acids is 1. The fourth-order valence-electron chi connectivity index (χ4n) is 4.78. The summed E-state index contributed by atoms with van der Waals surface area (Å²) in [6, 6.07) is 17.6. The minimum Gasteiger partial charge on any atom is -0.497 e. The van der Waals surface area contributed by atoms with Crippen molar-refractivity contribution in [2.75, 3.05) is 20.3 Å². The molecule has 1 saturated carbocycles. The van der Waals surface area contributed by atoms with E-state index in [4.69, 9.17) is 14.6 Å². The summed E-state index contributed by atoms with van der Waals surface area (Å²) >= 11 is 0. The van der Waals surface area contributed by atoms with E-state index in [1.807, 2.05) is 54.6 Å². The van der Waals surface area contributed by atoms with Crippen LogP contribution in [-0.4, -0.2) is 41.6 Å². The summed E-state index contributed by atoms with van der Waals surface area (Å²) < 4.78 is 10.7. The molecule has 0 amide bonds. The second-order valence-corrected chi connectivity index (χ2v) is 8.85. The zero-order chi connectivity index (χ0) is 23.9. The molecule has 2 aromatic carbocycles. The van der Waals surface area contributed by atoms with Crippen LogP contribution in [0.5, 0.6) is 5.75 Å². The van der Waals surface area contributed by atoms with Gasteiger partial charge in [0.1, 0.15) is 12.4 Å². The van der Waals surface area contributed by atoms with Crippen LogP contribution in [0.2, 0.25) is 0 Å². The molecule has 0 radical (unpaired) electrons. The lowest BCUT2D eigenvalue weighted by Gasteiger charge is -2.28. The molecule has 7 nitrogen and oxygen atoms in total. The largest absolute Gasteiger partial charge is 0.497 e. The van der Waals surface area contributed by atoms with Crippen molar-refractivity contribution in [1.82, 2.24) is 10.2 Å². The van der Waals surface area contributed by atoms with Crippen molar-refractivity contribution in [2.45, 2.75) is 32.1 Å². The Balaban J connectivity index is 1.62. The summed E-state index contributed by atoms with van der Waals surface area (Å²) in [5.74, 6) is 0.519. The number of nitrogens with zero attached hydrogens (tertiary/aromatic N) is 1. The van der Waals surface area contributed by atoms with E-state index in [0.29, 0.717) is 24.9 Å². The lowest BCUT2D eigenvalue weighted by atomic mass is 9.78. The first-order valence-corrected chi connectivity index (χ1v) is 11.7. The molecule has 0 aliphatic heterocycles. The number of hydrogen-bond donors (Lipinski definition) is 2. The van der Waals surface area contributed by atoms with Crippen molar-refractivity contribution in [2.24, 2.45) is 11.8 Å². The molecule has 1 aliphatic carbocycles. The number of H-pyrrole nitrogens is 1. The maximum atomic E-state index is 13.1. The van der Waals surface area contributed by atoms with Crippen molar-refractivity contribution in [1.29, 1.82) is 0 Å². The molecule has 1 heterocycles. The van der Waals surface area contributed by atoms with Gasteiger partial charge < -0.3 is 14.6 Å². The summed E-state index contributed by atoms with van der Waals surface area (Å²) in [5, 5.41) is 15.9. The van der Waals surface area contributed by atoms with E-state index in [1.165, 1.54) is 0 Å². The first kappa shape index (κ1) is 23.7.